The Morgan fingerprint density at radius 2 is 2.40 bits per heavy atom. The van der Waals surface area contributed by atoms with Crippen LogP contribution in [0.15, 0.2) is 17.5 Å². The average molecular weight is 151 g/mol. The molecule has 0 saturated carbocycles. The molecule has 2 N–H and O–H groups in total. The summed E-state index contributed by atoms with van der Waals surface area (Å²) in [5.74, 6) is 5.79. The van der Waals surface area contributed by atoms with Gasteiger partial charge in [0.05, 0.1) is 6.54 Å². The maximum absolute atomic E-state index is 5.20. The summed E-state index contributed by atoms with van der Waals surface area (Å²) in [5.41, 5.74) is 5.20. The highest BCUT2D eigenvalue weighted by atomic mass is 32.1. The van der Waals surface area contributed by atoms with Gasteiger partial charge in [0, 0.05) is 11.3 Å². The molecule has 0 aliphatic carbocycles. The van der Waals surface area contributed by atoms with E-state index in [0.717, 1.165) is 6.42 Å². The van der Waals surface area contributed by atoms with Gasteiger partial charge in [-0.2, -0.15) is 0 Å². The third kappa shape index (κ3) is 2.22. The molecule has 0 aliphatic rings. The van der Waals surface area contributed by atoms with Crippen molar-refractivity contribution in [2.45, 2.75) is 6.42 Å². The summed E-state index contributed by atoms with van der Waals surface area (Å²) in [6.07, 6.45) is 0.842. The fourth-order valence-electron chi connectivity index (χ4n) is 0.635. The lowest BCUT2D eigenvalue weighted by Gasteiger charge is -1.81. The molecule has 0 fully saturated rings. The molecule has 0 unspecified atom stereocenters. The van der Waals surface area contributed by atoms with Crippen LogP contribution in [0.4, 0.5) is 0 Å². The van der Waals surface area contributed by atoms with Crippen molar-refractivity contribution >= 4 is 11.3 Å². The first kappa shape index (κ1) is 7.33. The molecule has 0 saturated heterocycles. The lowest BCUT2D eigenvalue weighted by atomic mass is 10.3. The monoisotopic (exact) mass is 151 g/mol. The Morgan fingerprint density at radius 3 is 3.00 bits per heavy atom. The zero-order chi connectivity index (χ0) is 7.23. The van der Waals surface area contributed by atoms with Gasteiger partial charge in [0.15, 0.2) is 0 Å². The van der Waals surface area contributed by atoms with Gasteiger partial charge in [0.25, 0.3) is 0 Å². The van der Waals surface area contributed by atoms with Crippen molar-refractivity contribution < 1.29 is 0 Å². The van der Waals surface area contributed by atoms with Crippen molar-refractivity contribution in [2.75, 3.05) is 6.54 Å². The van der Waals surface area contributed by atoms with Crippen LogP contribution in [0, 0.1) is 11.8 Å². The largest absolute Gasteiger partial charge is 0.320 e. The molecule has 1 aromatic rings. The van der Waals surface area contributed by atoms with E-state index in [1.807, 2.05) is 6.07 Å². The van der Waals surface area contributed by atoms with E-state index in [9.17, 15) is 0 Å². The first-order valence-electron chi connectivity index (χ1n) is 3.11. The number of rotatable bonds is 1. The molecular formula is C8H9NS. The second-order valence-corrected chi connectivity index (χ2v) is 2.85. The maximum Gasteiger partial charge on any atom is 0.0551 e. The van der Waals surface area contributed by atoms with Crippen molar-refractivity contribution in [3.8, 4) is 11.8 Å². The molecule has 1 nitrogen and oxygen atoms in total. The van der Waals surface area contributed by atoms with Crippen LogP contribution in [0.3, 0.4) is 0 Å². The molecule has 1 heterocycles. The number of hydrogen-bond acceptors (Lipinski definition) is 2. The minimum Gasteiger partial charge on any atom is -0.320 e. The lowest BCUT2D eigenvalue weighted by molar-refractivity contribution is 1.29. The van der Waals surface area contributed by atoms with Gasteiger partial charge in [-0.3, -0.25) is 0 Å². The van der Waals surface area contributed by atoms with Gasteiger partial charge < -0.3 is 5.73 Å². The second-order valence-electron chi connectivity index (χ2n) is 1.81. The standard InChI is InChI=1S/C8H9NS/c9-6-2-1-4-8-5-3-7-10-8/h3,5,7H,4,6,9H2. The minimum atomic E-state index is 0.464. The molecule has 0 amide bonds. The van der Waals surface area contributed by atoms with Gasteiger partial charge in [0.1, 0.15) is 0 Å². The smallest absolute Gasteiger partial charge is 0.0551 e. The fraction of sp³-hybridized carbons (Fsp3) is 0.250. The highest BCUT2D eigenvalue weighted by Gasteiger charge is 1.86. The number of thiophene rings is 1. The molecule has 1 aromatic heterocycles. The van der Waals surface area contributed by atoms with E-state index in [2.05, 4.69) is 23.3 Å². The van der Waals surface area contributed by atoms with E-state index in [0.29, 0.717) is 6.54 Å². The Morgan fingerprint density at radius 1 is 1.50 bits per heavy atom. The van der Waals surface area contributed by atoms with Crippen molar-refractivity contribution in [1.82, 2.24) is 0 Å². The van der Waals surface area contributed by atoms with Crippen molar-refractivity contribution in [3.05, 3.63) is 22.4 Å². The molecule has 0 spiro atoms. The molecule has 52 valence electrons. The average Bonchev–Trinajstić information content (AvgIpc) is 2.41. The van der Waals surface area contributed by atoms with Crippen molar-refractivity contribution in [3.63, 3.8) is 0 Å². The van der Waals surface area contributed by atoms with Crippen LogP contribution in [-0.4, -0.2) is 6.54 Å². The SMILES string of the molecule is NCC#CCc1cccs1. The third-order valence-electron chi connectivity index (χ3n) is 1.07. The summed E-state index contributed by atoms with van der Waals surface area (Å²) in [6, 6.07) is 4.11. The van der Waals surface area contributed by atoms with E-state index in [4.69, 9.17) is 5.73 Å². The third-order valence-corrected chi connectivity index (χ3v) is 1.95. The van der Waals surface area contributed by atoms with Crippen LogP contribution in [0.25, 0.3) is 0 Å². The predicted octanol–water partition coefficient (Wildman–Crippen LogP) is 1.25. The second kappa shape index (κ2) is 4.10. The molecule has 0 aliphatic heterocycles. The molecule has 0 aromatic carbocycles. The topological polar surface area (TPSA) is 26.0 Å². The molecule has 0 atom stereocenters. The maximum atomic E-state index is 5.20. The summed E-state index contributed by atoms with van der Waals surface area (Å²) in [6.45, 7) is 0.464. The lowest BCUT2D eigenvalue weighted by Crippen LogP contribution is -1.92. The molecule has 2 heteroatoms. The van der Waals surface area contributed by atoms with Crippen LogP contribution >= 0.6 is 11.3 Å². The van der Waals surface area contributed by atoms with E-state index in [1.165, 1.54) is 4.88 Å². The zero-order valence-electron chi connectivity index (χ0n) is 5.63. The first-order valence-corrected chi connectivity index (χ1v) is 3.99. The summed E-state index contributed by atoms with van der Waals surface area (Å²) >= 11 is 1.73. The van der Waals surface area contributed by atoms with E-state index >= 15 is 0 Å². The first-order chi connectivity index (χ1) is 4.93. The summed E-state index contributed by atoms with van der Waals surface area (Å²) in [5, 5.41) is 2.06. The van der Waals surface area contributed by atoms with Gasteiger partial charge in [-0.25, -0.2) is 0 Å². The van der Waals surface area contributed by atoms with Gasteiger partial charge in [-0.05, 0) is 11.4 Å². The van der Waals surface area contributed by atoms with Gasteiger partial charge >= 0.3 is 0 Å². The van der Waals surface area contributed by atoms with Gasteiger partial charge in [-0.15, -0.1) is 11.3 Å². The summed E-state index contributed by atoms with van der Waals surface area (Å²) in [4.78, 5) is 1.31. The highest BCUT2D eigenvalue weighted by Crippen LogP contribution is 2.07. The Kier molecular flexibility index (Phi) is 3.01. The van der Waals surface area contributed by atoms with Crippen LogP contribution in [-0.2, 0) is 6.42 Å². The summed E-state index contributed by atoms with van der Waals surface area (Å²) in [7, 11) is 0. The number of nitrogens with two attached hydrogens (primary N) is 1. The van der Waals surface area contributed by atoms with Crippen molar-refractivity contribution in [2.24, 2.45) is 5.73 Å². The van der Waals surface area contributed by atoms with Crippen LogP contribution < -0.4 is 5.73 Å². The highest BCUT2D eigenvalue weighted by molar-refractivity contribution is 7.09. The van der Waals surface area contributed by atoms with Gasteiger partial charge in [0.2, 0.25) is 0 Å². The molecular weight excluding hydrogens is 142 g/mol. The Labute approximate surface area is 64.9 Å². The minimum absolute atomic E-state index is 0.464. The normalized spacial score (nSPS) is 8.50. The van der Waals surface area contributed by atoms with Crippen molar-refractivity contribution in [1.29, 1.82) is 0 Å². The molecule has 10 heavy (non-hydrogen) atoms. The Bertz CT molecular complexity index is 228. The van der Waals surface area contributed by atoms with Crippen LogP contribution in [0.5, 0.6) is 0 Å². The van der Waals surface area contributed by atoms with E-state index in [1.54, 1.807) is 11.3 Å². The van der Waals surface area contributed by atoms with Crippen LogP contribution in [0.2, 0.25) is 0 Å². The van der Waals surface area contributed by atoms with E-state index < -0.39 is 0 Å². The van der Waals surface area contributed by atoms with Gasteiger partial charge in [-0.1, -0.05) is 17.9 Å². The Balaban J connectivity index is 2.41. The zero-order valence-corrected chi connectivity index (χ0v) is 6.45. The van der Waals surface area contributed by atoms with E-state index in [-0.39, 0.29) is 0 Å². The number of hydrogen-bond donors (Lipinski definition) is 1. The van der Waals surface area contributed by atoms with Crippen LogP contribution in [0.1, 0.15) is 4.88 Å². The predicted molar refractivity (Wildman–Crippen MR) is 44.9 cm³/mol. The fourth-order valence-corrected chi connectivity index (χ4v) is 1.28. The summed E-state index contributed by atoms with van der Waals surface area (Å²) < 4.78 is 0. The quantitative estimate of drug-likeness (QED) is 0.601. The molecule has 0 radical (unpaired) electrons. The Hall–Kier alpha value is -0.780. The molecule has 0 bridgehead atoms. The molecule has 1 rings (SSSR count).